The summed E-state index contributed by atoms with van der Waals surface area (Å²) in [5.74, 6) is -0.608. The van der Waals surface area contributed by atoms with Crippen LogP contribution in [0, 0.1) is 0 Å². The summed E-state index contributed by atoms with van der Waals surface area (Å²) in [6.45, 7) is 1.71. The summed E-state index contributed by atoms with van der Waals surface area (Å²) in [5.41, 5.74) is 0.230. The lowest BCUT2D eigenvalue weighted by molar-refractivity contribution is 0.0944. The van der Waals surface area contributed by atoms with E-state index in [4.69, 9.17) is 4.74 Å². The van der Waals surface area contributed by atoms with Crippen LogP contribution >= 0.6 is 15.9 Å². The number of amides is 1. The number of benzene rings is 1. The number of carbonyl (C=O) groups is 1. The second-order valence-electron chi connectivity index (χ2n) is 3.65. The van der Waals surface area contributed by atoms with Crippen molar-refractivity contribution in [3.8, 4) is 11.5 Å². The number of phenolic OH excluding ortho intramolecular Hbond substituents is 2. The van der Waals surface area contributed by atoms with Crippen molar-refractivity contribution in [3.63, 3.8) is 0 Å². The molecule has 0 aromatic heterocycles. The predicted molar refractivity (Wildman–Crippen MR) is 71.3 cm³/mol. The van der Waals surface area contributed by atoms with Crippen molar-refractivity contribution in [3.05, 3.63) is 23.8 Å². The summed E-state index contributed by atoms with van der Waals surface area (Å²) in [5, 5.41) is 22.0. The molecule has 0 aliphatic carbocycles. The lowest BCUT2D eigenvalue weighted by Crippen LogP contribution is -2.25. The molecule has 1 rings (SSSR count). The SMILES string of the molecule is O=C(NCCCOCCBr)c1cc(O)cc(O)c1. The molecule has 0 aliphatic heterocycles. The van der Waals surface area contributed by atoms with Crippen LogP contribution in [0.5, 0.6) is 11.5 Å². The summed E-state index contributed by atoms with van der Waals surface area (Å²) in [6.07, 6.45) is 0.712. The summed E-state index contributed by atoms with van der Waals surface area (Å²) >= 11 is 3.24. The first kappa shape index (κ1) is 14.8. The van der Waals surface area contributed by atoms with Crippen molar-refractivity contribution < 1.29 is 19.7 Å². The van der Waals surface area contributed by atoms with Gasteiger partial charge in [0.1, 0.15) is 11.5 Å². The Morgan fingerprint density at radius 3 is 2.50 bits per heavy atom. The van der Waals surface area contributed by atoms with Crippen LogP contribution in [-0.4, -0.2) is 41.2 Å². The van der Waals surface area contributed by atoms with Crippen LogP contribution in [0.3, 0.4) is 0 Å². The van der Waals surface area contributed by atoms with E-state index in [9.17, 15) is 15.0 Å². The lowest BCUT2D eigenvalue weighted by atomic mass is 10.2. The summed E-state index contributed by atoms with van der Waals surface area (Å²) in [6, 6.07) is 3.78. The van der Waals surface area contributed by atoms with Crippen LogP contribution in [0.4, 0.5) is 0 Å². The lowest BCUT2D eigenvalue weighted by Gasteiger charge is -2.06. The fraction of sp³-hybridized carbons (Fsp3) is 0.417. The van der Waals surface area contributed by atoms with Gasteiger partial charge in [-0.1, -0.05) is 15.9 Å². The summed E-state index contributed by atoms with van der Waals surface area (Å²) in [4.78, 5) is 11.7. The summed E-state index contributed by atoms with van der Waals surface area (Å²) < 4.78 is 5.23. The quantitative estimate of drug-likeness (QED) is 0.527. The highest BCUT2D eigenvalue weighted by molar-refractivity contribution is 9.09. The molecule has 0 unspecified atom stereocenters. The van der Waals surface area contributed by atoms with E-state index >= 15 is 0 Å². The minimum absolute atomic E-state index is 0.138. The molecule has 0 bridgehead atoms. The maximum Gasteiger partial charge on any atom is 0.251 e. The number of aromatic hydroxyl groups is 2. The topological polar surface area (TPSA) is 78.8 Å². The van der Waals surface area contributed by atoms with E-state index in [1.165, 1.54) is 18.2 Å². The van der Waals surface area contributed by atoms with E-state index < -0.39 is 0 Å². The monoisotopic (exact) mass is 317 g/mol. The number of hydrogen-bond acceptors (Lipinski definition) is 4. The van der Waals surface area contributed by atoms with E-state index in [1.54, 1.807) is 0 Å². The van der Waals surface area contributed by atoms with Gasteiger partial charge in [-0.15, -0.1) is 0 Å². The average molecular weight is 318 g/mol. The van der Waals surface area contributed by atoms with Gasteiger partial charge in [-0.05, 0) is 18.6 Å². The first-order valence-corrected chi connectivity index (χ1v) is 6.70. The zero-order valence-corrected chi connectivity index (χ0v) is 11.4. The van der Waals surface area contributed by atoms with Crippen molar-refractivity contribution in [2.45, 2.75) is 6.42 Å². The third kappa shape index (κ3) is 5.37. The van der Waals surface area contributed by atoms with E-state index in [2.05, 4.69) is 21.2 Å². The van der Waals surface area contributed by atoms with E-state index in [1.807, 2.05) is 0 Å². The van der Waals surface area contributed by atoms with Gasteiger partial charge in [0.25, 0.3) is 5.91 Å². The standard InChI is InChI=1S/C12H16BrNO4/c13-2-5-18-4-1-3-14-12(17)9-6-10(15)8-11(16)7-9/h6-8,15-16H,1-5H2,(H,14,17). The molecule has 0 saturated heterocycles. The number of ether oxygens (including phenoxy) is 1. The first-order valence-electron chi connectivity index (χ1n) is 5.58. The highest BCUT2D eigenvalue weighted by Gasteiger charge is 2.07. The Kier molecular flexibility index (Phi) is 6.53. The van der Waals surface area contributed by atoms with Gasteiger partial charge in [0.2, 0.25) is 0 Å². The van der Waals surface area contributed by atoms with Crippen molar-refractivity contribution in [1.29, 1.82) is 0 Å². The molecule has 18 heavy (non-hydrogen) atoms. The Hall–Kier alpha value is -1.27. The maximum absolute atomic E-state index is 11.7. The average Bonchev–Trinajstić information content (AvgIpc) is 2.32. The van der Waals surface area contributed by atoms with Gasteiger partial charge in [-0.25, -0.2) is 0 Å². The maximum atomic E-state index is 11.7. The van der Waals surface area contributed by atoms with Crippen molar-refractivity contribution in [2.24, 2.45) is 0 Å². The highest BCUT2D eigenvalue weighted by Crippen LogP contribution is 2.20. The van der Waals surface area contributed by atoms with Gasteiger partial charge in [-0.2, -0.15) is 0 Å². The second-order valence-corrected chi connectivity index (χ2v) is 4.44. The molecule has 5 nitrogen and oxygen atoms in total. The van der Waals surface area contributed by atoms with Gasteiger partial charge in [0.15, 0.2) is 0 Å². The number of alkyl halides is 1. The molecule has 1 aromatic carbocycles. The van der Waals surface area contributed by atoms with Crippen molar-refractivity contribution in [2.75, 3.05) is 25.1 Å². The molecule has 3 N–H and O–H groups in total. The minimum atomic E-state index is -0.332. The molecule has 100 valence electrons. The Morgan fingerprint density at radius 1 is 1.22 bits per heavy atom. The molecule has 0 aliphatic rings. The number of hydrogen-bond donors (Lipinski definition) is 3. The third-order valence-electron chi connectivity index (χ3n) is 2.14. The summed E-state index contributed by atoms with van der Waals surface area (Å²) in [7, 11) is 0. The number of halogens is 1. The van der Waals surface area contributed by atoms with Crippen LogP contribution in [0.25, 0.3) is 0 Å². The molecule has 6 heteroatoms. The molecule has 0 saturated carbocycles. The number of nitrogens with one attached hydrogen (secondary N) is 1. The van der Waals surface area contributed by atoms with E-state index in [-0.39, 0.29) is 23.0 Å². The van der Waals surface area contributed by atoms with Crippen LogP contribution < -0.4 is 5.32 Å². The molecule has 0 atom stereocenters. The number of phenols is 2. The Morgan fingerprint density at radius 2 is 1.89 bits per heavy atom. The van der Waals surface area contributed by atoms with Gasteiger partial charge in [0, 0.05) is 30.1 Å². The van der Waals surface area contributed by atoms with Gasteiger partial charge in [-0.3, -0.25) is 4.79 Å². The largest absolute Gasteiger partial charge is 0.508 e. The number of carbonyl (C=O) groups excluding carboxylic acids is 1. The smallest absolute Gasteiger partial charge is 0.251 e. The predicted octanol–water partition coefficient (Wildman–Crippen LogP) is 1.63. The fourth-order valence-corrected chi connectivity index (χ4v) is 1.59. The van der Waals surface area contributed by atoms with Crippen LogP contribution in [-0.2, 0) is 4.74 Å². The molecule has 0 radical (unpaired) electrons. The first-order chi connectivity index (χ1) is 8.63. The zero-order chi connectivity index (χ0) is 13.4. The van der Waals surface area contributed by atoms with E-state index in [0.29, 0.717) is 26.2 Å². The van der Waals surface area contributed by atoms with Gasteiger partial charge >= 0.3 is 0 Å². The highest BCUT2D eigenvalue weighted by atomic mass is 79.9. The molecular formula is C12H16BrNO4. The van der Waals surface area contributed by atoms with Crippen LogP contribution in [0.1, 0.15) is 16.8 Å². The van der Waals surface area contributed by atoms with Crippen LogP contribution in [0.15, 0.2) is 18.2 Å². The second kappa shape index (κ2) is 7.94. The fourth-order valence-electron chi connectivity index (χ4n) is 1.36. The number of rotatable bonds is 7. The molecule has 0 fully saturated rings. The van der Waals surface area contributed by atoms with Crippen molar-refractivity contribution in [1.82, 2.24) is 5.32 Å². The minimum Gasteiger partial charge on any atom is -0.508 e. The Bertz CT molecular complexity index is 377. The van der Waals surface area contributed by atoms with Gasteiger partial charge in [0.05, 0.1) is 6.61 Å². The van der Waals surface area contributed by atoms with E-state index in [0.717, 1.165) is 5.33 Å². The molecule has 0 heterocycles. The Labute approximate surface area is 114 Å². The molecule has 1 amide bonds. The zero-order valence-electron chi connectivity index (χ0n) is 9.86. The van der Waals surface area contributed by atoms with Crippen molar-refractivity contribution >= 4 is 21.8 Å². The van der Waals surface area contributed by atoms with Crippen LogP contribution in [0.2, 0.25) is 0 Å². The normalized spacial score (nSPS) is 10.3. The third-order valence-corrected chi connectivity index (χ3v) is 2.46. The van der Waals surface area contributed by atoms with Gasteiger partial charge < -0.3 is 20.3 Å². The molecule has 0 spiro atoms. The Balaban J connectivity index is 2.32. The molecule has 1 aromatic rings. The molecular weight excluding hydrogens is 302 g/mol.